The van der Waals surface area contributed by atoms with Gasteiger partial charge in [-0.2, -0.15) is 0 Å². The third kappa shape index (κ3) is 5.19. The first-order valence-electron chi connectivity index (χ1n) is 5.61. The van der Waals surface area contributed by atoms with Crippen molar-refractivity contribution < 1.29 is 28.7 Å². The van der Waals surface area contributed by atoms with E-state index in [1.54, 1.807) is 6.92 Å². The van der Waals surface area contributed by atoms with Gasteiger partial charge >= 0.3 is 11.9 Å². The van der Waals surface area contributed by atoms with Gasteiger partial charge in [-0.25, -0.2) is 9.59 Å². The minimum absolute atomic E-state index is 0.0912. The molecule has 0 unspecified atom stereocenters. The maximum Gasteiger partial charge on any atom is 0.331 e. The quantitative estimate of drug-likeness (QED) is 0.453. The fourth-order valence-corrected chi connectivity index (χ4v) is 1.26. The SMILES string of the molecule is CCOC(=O)/C=C/C(=O)OC[C@@H]1NC(=O)CNC1=O. The number of amides is 2. The lowest BCUT2D eigenvalue weighted by Crippen LogP contribution is -2.58. The zero-order valence-electron chi connectivity index (χ0n) is 10.3. The van der Waals surface area contributed by atoms with Crippen LogP contribution in [0.15, 0.2) is 12.2 Å². The van der Waals surface area contributed by atoms with Gasteiger partial charge in [-0.05, 0) is 6.92 Å². The molecule has 104 valence electrons. The Labute approximate surface area is 109 Å². The van der Waals surface area contributed by atoms with Gasteiger partial charge in [0, 0.05) is 12.2 Å². The second-order valence-corrected chi connectivity index (χ2v) is 3.55. The Hall–Kier alpha value is -2.38. The van der Waals surface area contributed by atoms with Crippen molar-refractivity contribution in [3.63, 3.8) is 0 Å². The van der Waals surface area contributed by atoms with Crippen molar-refractivity contribution >= 4 is 23.8 Å². The van der Waals surface area contributed by atoms with Gasteiger partial charge in [0.25, 0.3) is 0 Å². The van der Waals surface area contributed by atoms with Crippen molar-refractivity contribution in [2.75, 3.05) is 19.8 Å². The highest BCUT2D eigenvalue weighted by Crippen LogP contribution is 1.94. The van der Waals surface area contributed by atoms with Crippen LogP contribution in [0.3, 0.4) is 0 Å². The molecule has 2 N–H and O–H groups in total. The number of carbonyl (C=O) groups excluding carboxylic acids is 4. The van der Waals surface area contributed by atoms with Crippen molar-refractivity contribution in [1.82, 2.24) is 10.6 Å². The number of hydrogen-bond donors (Lipinski definition) is 2. The summed E-state index contributed by atoms with van der Waals surface area (Å²) in [6.45, 7) is 1.44. The number of hydrogen-bond acceptors (Lipinski definition) is 6. The van der Waals surface area contributed by atoms with Crippen LogP contribution >= 0.6 is 0 Å². The third-order valence-electron chi connectivity index (χ3n) is 2.11. The van der Waals surface area contributed by atoms with Gasteiger partial charge in [-0.3, -0.25) is 9.59 Å². The van der Waals surface area contributed by atoms with E-state index in [0.29, 0.717) is 0 Å². The summed E-state index contributed by atoms with van der Waals surface area (Å²) in [7, 11) is 0. The molecule has 0 radical (unpaired) electrons. The van der Waals surface area contributed by atoms with Gasteiger partial charge in [0.05, 0.1) is 13.2 Å². The van der Waals surface area contributed by atoms with E-state index in [4.69, 9.17) is 4.74 Å². The second kappa shape index (κ2) is 7.14. The van der Waals surface area contributed by atoms with Crippen molar-refractivity contribution in [3.05, 3.63) is 12.2 Å². The lowest BCUT2D eigenvalue weighted by molar-refractivity contribution is -0.143. The molecule has 0 aromatic carbocycles. The Balaban J connectivity index is 2.35. The van der Waals surface area contributed by atoms with E-state index in [-0.39, 0.29) is 25.7 Å². The van der Waals surface area contributed by atoms with Crippen LogP contribution in [0.25, 0.3) is 0 Å². The lowest BCUT2D eigenvalue weighted by atomic mass is 10.2. The van der Waals surface area contributed by atoms with Crippen molar-refractivity contribution in [2.45, 2.75) is 13.0 Å². The zero-order chi connectivity index (χ0) is 14.3. The fraction of sp³-hybridized carbons (Fsp3) is 0.455. The van der Waals surface area contributed by atoms with Crippen LogP contribution in [0.4, 0.5) is 0 Å². The van der Waals surface area contributed by atoms with Crippen molar-refractivity contribution in [1.29, 1.82) is 0 Å². The smallest absolute Gasteiger partial charge is 0.331 e. The number of piperazine rings is 1. The van der Waals surface area contributed by atoms with E-state index in [1.165, 1.54) is 0 Å². The van der Waals surface area contributed by atoms with E-state index in [9.17, 15) is 19.2 Å². The number of nitrogens with one attached hydrogen (secondary N) is 2. The van der Waals surface area contributed by atoms with Crippen LogP contribution in [0, 0.1) is 0 Å². The van der Waals surface area contributed by atoms with Crippen LogP contribution in [0.5, 0.6) is 0 Å². The van der Waals surface area contributed by atoms with E-state index in [0.717, 1.165) is 12.2 Å². The predicted molar refractivity (Wildman–Crippen MR) is 61.7 cm³/mol. The van der Waals surface area contributed by atoms with E-state index in [1.807, 2.05) is 0 Å². The summed E-state index contributed by atoms with van der Waals surface area (Å²) < 4.78 is 9.28. The topological polar surface area (TPSA) is 111 Å². The summed E-state index contributed by atoms with van der Waals surface area (Å²) in [5.41, 5.74) is 0. The van der Waals surface area contributed by atoms with Gasteiger partial charge in [-0.1, -0.05) is 0 Å². The molecular weight excluding hydrogens is 256 g/mol. The molecule has 1 atom stereocenters. The predicted octanol–water partition coefficient (Wildman–Crippen LogP) is -1.74. The highest BCUT2D eigenvalue weighted by molar-refractivity contribution is 5.95. The molecule has 1 rings (SSSR count). The second-order valence-electron chi connectivity index (χ2n) is 3.55. The summed E-state index contributed by atoms with van der Waals surface area (Å²) in [6.07, 6.45) is 1.81. The molecular formula is C11H14N2O6. The average molecular weight is 270 g/mol. The largest absolute Gasteiger partial charge is 0.463 e. The Morgan fingerprint density at radius 2 is 1.89 bits per heavy atom. The van der Waals surface area contributed by atoms with Crippen molar-refractivity contribution in [2.24, 2.45) is 0 Å². The maximum absolute atomic E-state index is 11.3. The Morgan fingerprint density at radius 1 is 1.26 bits per heavy atom. The molecule has 1 heterocycles. The molecule has 8 nitrogen and oxygen atoms in total. The van der Waals surface area contributed by atoms with Crippen LogP contribution in [-0.2, 0) is 28.7 Å². The average Bonchev–Trinajstić information content (AvgIpc) is 2.38. The number of rotatable bonds is 5. The van der Waals surface area contributed by atoms with Crippen LogP contribution in [0.1, 0.15) is 6.92 Å². The standard InChI is InChI=1S/C11H14N2O6/c1-2-18-9(15)3-4-10(16)19-6-7-11(17)12-5-8(14)13-7/h3-4,7H,2,5-6H2,1H3,(H,12,17)(H,13,14)/b4-3+/t7-/m0/s1. The molecule has 0 bridgehead atoms. The van der Waals surface area contributed by atoms with Gasteiger partial charge in [0.1, 0.15) is 12.6 Å². The minimum Gasteiger partial charge on any atom is -0.463 e. The number of carbonyl (C=O) groups is 4. The fourth-order valence-electron chi connectivity index (χ4n) is 1.26. The Bertz CT molecular complexity index is 417. The van der Waals surface area contributed by atoms with E-state index >= 15 is 0 Å². The summed E-state index contributed by atoms with van der Waals surface area (Å²) in [5, 5.41) is 4.70. The van der Waals surface area contributed by atoms with Crippen LogP contribution in [-0.4, -0.2) is 49.6 Å². The van der Waals surface area contributed by atoms with E-state index < -0.39 is 23.9 Å². The third-order valence-corrected chi connectivity index (χ3v) is 2.11. The van der Waals surface area contributed by atoms with Gasteiger partial charge in [0.15, 0.2) is 0 Å². The highest BCUT2D eigenvalue weighted by Gasteiger charge is 2.26. The monoisotopic (exact) mass is 270 g/mol. The Kier molecular flexibility index (Phi) is 5.52. The normalized spacial score (nSPS) is 18.7. The molecule has 1 aliphatic rings. The number of esters is 2. The summed E-state index contributed by atoms with van der Waals surface area (Å²) in [6, 6.07) is -0.916. The molecule has 1 aliphatic heterocycles. The van der Waals surface area contributed by atoms with Crippen molar-refractivity contribution in [3.8, 4) is 0 Å². The first-order chi connectivity index (χ1) is 9.02. The first-order valence-corrected chi connectivity index (χ1v) is 5.61. The molecule has 8 heteroatoms. The molecule has 2 amide bonds. The zero-order valence-corrected chi connectivity index (χ0v) is 10.3. The minimum atomic E-state index is -0.916. The molecule has 0 aromatic heterocycles. The Morgan fingerprint density at radius 3 is 2.53 bits per heavy atom. The van der Waals surface area contributed by atoms with Gasteiger partial charge < -0.3 is 20.1 Å². The molecule has 1 saturated heterocycles. The maximum atomic E-state index is 11.3. The van der Waals surface area contributed by atoms with E-state index in [2.05, 4.69) is 15.4 Å². The molecule has 0 aliphatic carbocycles. The molecule has 0 aromatic rings. The van der Waals surface area contributed by atoms with Gasteiger partial charge in [-0.15, -0.1) is 0 Å². The summed E-state index contributed by atoms with van der Waals surface area (Å²) in [5.74, 6) is -2.26. The molecule has 1 fully saturated rings. The molecule has 0 saturated carbocycles. The highest BCUT2D eigenvalue weighted by atomic mass is 16.5. The summed E-state index contributed by atoms with van der Waals surface area (Å²) in [4.78, 5) is 44.4. The molecule has 19 heavy (non-hydrogen) atoms. The van der Waals surface area contributed by atoms with Crippen LogP contribution in [0.2, 0.25) is 0 Å². The molecule has 0 spiro atoms. The number of ether oxygens (including phenoxy) is 2. The van der Waals surface area contributed by atoms with Gasteiger partial charge in [0.2, 0.25) is 11.8 Å². The summed E-state index contributed by atoms with van der Waals surface area (Å²) >= 11 is 0. The lowest BCUT2D eigenvalue weighted by Gasteiger charge is -2.22. The first kappa shape index (κ1) is 14.7. The van der Waals surface area contributed by atoms with Crippen LogP contribution < -0.4 is 10.6 Å².